The second kappa shape index (κ2) is 6.05. The van der Waals surface area contributed by atoms with Gasteiger partial charge in [0.2, 0.25) is 0 Å². The molecule has 1 heterocycles. The van der Waals surface area contributed by atoms with Gasteiger partial charge in [-0.3, -0.25) is 9.59 Å². The third-order valence-corrected chi connectivity index (χ3v) is 3.59. The summed E-state index contributed by atoms with van der Waals surface area (Å²) in [5.74, 6) is -1.02. The lowest BCUT2D eigenvalue weighted by Crippen LogP contribution is -2.49. The molecule has 0 aliphatic carbocycles. The van der Waals surface area contributed by atoms with E-state index in [2.05, 4.69) is 0 Å². The van der Waals surface area contributed by atoms with Gasteiger partial charge < -0.3 is 14.7 Å². The number of carboxylic acids is 1. The topological polar surface area (TPSA) is 66.8 Å². The zero-order valence-electron chi connectivity index (χ0n) is 11.8. The molecule has 0 aromatic heterocycles. The fourth-order valence-electron chi connectivity index (χ4n) is 2.59. The lowest BCUT2D eigenvalue weighted by molar-refractivity contribution is -0.139. The second-order valence-corrected chi connectivity index (χ2v) is 5.09. The van der Waals surface area contributed by atoms with Crippen LogP contribution < -0.4 is 0 Å². The van der Waals surface area contributed by atoms with E-state index in [1.54, 1.807) is 4.90 Å². The number of aliphatic carboxylic acids is 1. The summed E-state index contributed by atoms with van der Waals surface area (Å²) < 4.78 is 5.30. The molecule has 1 atom stereocenters. The van der Waals surface area contributed by atoms with Crippen molar-refractivity contribution in [3.8, 4) is 0 Å². The number of aryl methyl sites for hydroxylation is 2. The predicted octanol–water partition coefficient (Wildman–Crippen LogP) is 1.62. The highest BCUT2D eigenvalue weighted by Gasteiger charge is 2.30. The number of nitrogens with zero attached hydrogens (tertiary/aromatic N) is 1. The van der Waals surface area contributed by atoms with Crippen molar-refractivity contribution in [2.45, 2.75) is 26.3 Å². The molecule has 0 saturated carbocycles. The molecule has 1 aliphatic heterocycles. The van der Waals surface area contributed by atoms with Crippen LogP contribution in [0, 0.1) is 13.8 Å². The zero-order chi connectivity index (χ0) is 14.7. The molecule has 2 rings (SSSR count). The third kappa shape index (κ3) is 2.99. The molecule has 1 aliphatic rings. The molecule has 108 valence electrons. The Morgan fingerprint density at radius 2 is 2.00 bits per heavy atom. The summed E-state index contributed by atoms with van der Waals surface area (Å²) in [6.45, 7) is 4.96. The molecule has 1 saturated heterocycles. The van der Waals surface area contributed by atoms with Gasteiger partial charge >= 0.3 is 5.97 Å². The van der Waals surface area contributed by atoms with E-state index in [-0.39, 0.29) is 18.9 Å². The quantitative estimate of drug-likeness (QED) is 0.911. The minimum atomic E-state index is -0.917. The van der Waals surface area contributed by atoms with E-state index in [0.29, 0.717) is 18.7 Å². The first-order valence-electron chi connectivity index (χ1n) is 6.67. The van der Waals surface area contributed by atoms with Gasteiger partial charge in [-0.2, -0.15) is 0 Å². The van der Waals surface area contributed by atoms with Crippen molar-refractivity contribution >= 4 is 11.9 Å². The van der Waals surface area contributed by atoms with Crippen molar-refractivity contribution < 1.29 is 19.4 Å². The molecular formula is C15H19NO4. The average molecular weight is 277 g/mol. The van der Waals surface area contributed by atoms with Crippen molar-refractivity contribution in [2.24, 2.45) is 0 Å². The van der Waals surface area contributed by atoms with E-state index >= 15 is 0 Å². The molecule has 0 spiro atoms. The third-order valence-electron chi connectivity index (χ3n) is 3.59. The van der Waals surface area contributed by atoms with Crippen LogP contribution in [-0.4, -0.2) is 47.7 Å². The highest BCUT2D eigenvalue weighted by molar-refractivity contribution is 5.97. The number of hydrogen-bond donors (Lipinski definition) is 1. The maximum Gasteiger partial charge on any atom is 0.305 e. The van der Waals surface area contributed by atoms with E-state index in [4.69, 9.17) is 9.84 Å². The van der Waals surface area contributed by atoms with Gasteiger partial charge in [0.1, 0.15) is 0 Å². The maximum absolute atomic E-state index is 12.7. The number of amides is 1. The molecular weight excluding hydrogens is 258 g/mol. The van der Waals surface area contributed by atoms with Crippen molar-refractivity contribution in [3.63, 3.8) is 0 Å². The molecule has 0 radical (unpaired) electrons. The van der Waals surface area contributed by atoms with Gasteiger partial charge in [0.25, 0.3) is 5.91 Å². The molecule has 0 bridgehead atoms. The van der Waals surface area contributed by atoms with E-state index < -0.39 is 12.0 Å². The van der Waals surface area contributed by atoms with Crippen LogP contribution in [0.2, 0.25) is 0 Å². The largest absolute Gasteiger partial charge is 0.481 e. The van der Waals surface area contributed by atoms with Gasteiger partial charge in [0.15, 0.2) is 0 Å². The minimum absolute atomic E-state index is 0.0866. The summed E-state index contributed by atoms with van der Waals surface area (Å²) in [5.41, 5.74) is 2.50. The Morgan fingerprint density at radius 1 is 1.35 bits per heavy atom. The van der Waals surface area contributed by atoms with E-state index in [1.165, 1.54) is 0 Å². The summed E-state index contributed by atoms with van der Waals surface area (Å²) >= 11 is 0. The van der Waals surface area contributed by atoms with Gasteiger partial charge in [-0.1, -0.05) is 18.2 Å². The smallest absolute Gasteiger partial charge is 0.305 e. The average Bonchev–Trinajstić information content (AvgIpc) is 2.38. The van der Waals surface area contributed by atoms with Gasteiger partial charge in [0, 0.05) is 12.1 Å². The van der Waals surface area contributed by atoms with E-state index in [9.17, 15) is 9.59 Å². The van der Waals surface area contributed by atoms with Crippen LogP contribution in [0.1, 0.15) is 27.9 Å². The molecule has 1 N–H and O–H groups in total. The first-order chi connectivity index (χ1) is 9.50. The number of hydrogen-bond acceptors (Lipinski definition) is 3. The van der Waals surface area contributed by atoms with E-state index in [1.807, 2.05) is 32.0 Å². The highest BCUT2D eigenvalue weighted by atomic mass is 16.5. The van der Waals surface area contributed by atoms with Gasteiger partial charge in [-0.15, -0.1) is 0 Å². The first kappa shape index (κ1) is 14.5. The normalized spacial score (nSPS) is 18.9. The Balaban J connectivity index is 2.28. The summed E-state index contributed by atoms with van der Waals surface area (Å²) in [4.78, 5) is 25.3. The van der Waals surface area contributed by atoms with Crippen LogP contribution in [0.15, 0.2) is 18.2 Å². The van der Waals surface area contributed by atoms with Gasteiger partial charge in [-0.05, 0) is 25.0 Å². The van der Waals surface area contributed by atoms with Crippen molar-refractivity contribution in [2.75, 3.05) is 19.8 Å². The molecule has 20 heavy (non-hydrogen) atoms. The molecule has 5 heteroatoms. The molecule has 1 unspecified atom stereocenters. The lowest BCUT2D eigenvalue weighted by Gasteiger charge is -2.35. The van der Waals surface area contributed by atoms with Crippen molar-refractivity contribution in [3.05, 3.63) is 34.9 Å². The number of carbonyl (C=O) groups is 2. The summed E-state index contributed by atoms with van der Waals surface area (Å²) in [7, 11) is 0. The molecule has 1 amide bonds. The van der Waals surface area contributed by atoms with E-state index in [0.717, 1.165) is 11.1 Å². The molecule has 5 nitrogen and oxygen atoms in total. The van der Waals surface area contributed by atoms with Crippen LogP contribution in [0.3, 0.4) is 0 Å². The number of carboxylic acid groups (broad SMARTS) is 1. The van der Waals surface area contributed by atoms with Crippen LogP contribution in [0.25, 0.3) is 0 Å². The Labute approximate surface area is 118 Å². The number of carbonyl (C=O) groups excluding carboxylic acids is 1. The summed E-state index contributed by atoms with van der Waals surface area (Å²) in [6, 6.07) is 5.31. The lowest BCUT2D eigenvalue weighted by atomic mass is 10.0. The number of rotatable bonds is 3. The predicted molar refractivity (Wildman–Crippen MR) is 73.8 cm³/mol. The Kier molecular flexibility index (Phi) is 4.39. The first-order valence-corrected chi connectivity index (χ1v) is 6.67. The second-order valence-electron chi connectivity index (χ2n) is 5.09. The number of ether oxygens (including phenoxy) is 1. The SMILES string of the molecule is Cc1cccc(C)c1C(=O)N1CCOCC1CC(=O)O. The van der Waals surface area contributed by atoms with Crippen LogP contribution >= 0.6 is 0 Å². The Morgan fingerprint density at radius 3 is 2.60 bits per heavy atom. The monoisotopic (exact) mass is 277 g/mol. The van der Waals surface area contributed by atoms with Crippen molar-refractivity contribution in [1.82, 2.24) is 4.90 Å². The van der Waals surface area contributed by atoms with Crippen LogP contribution in [0.5, 0.6) is 0 Å². The summed E-state index contributed by atoms with van der Waals surface area (Å²) in [6.07, 6.45) is -0.0866. The minimum Gasteiger partial charge on any atom is -0.481 e. The maximum atomic E-state index is 12.7. The Bertz CT molecular complexity index is 506. The number of benzene rings is 1. The zero-order valence-corrected chi connectivity index (χ0v) is 11.8. The standard InChI is InChI=1S/C15H19NO4/c1-10-4-3-5-11(2)14(10)15(19)16-6-7-20-9-12(16)8-13(17)18/h3-5,12H,6-9H2,1-2H3,(H,17,18). The van der Waals surface area contributed by atoms with Crippen LogP contribution in [-0.2, 0) is 9.53 Å². The molecule has 1 fully saturated rings. The van der Waals surface area contributed by atoms with Gasteiger partial charge in [-0.25, -0.2) is 0 Å². The fraction of sp³-hybridized carbons (Fsp3) is 0.467. The Hall–Kier alpha value is -1.88. The summed E-state index contributed by atoms with van der Waals surface area (Å²) in [5, 5.41) is 8.95. The fourth-order valence-corrected chi connectivity index (χ4v) is 2.59. The highest BCUT2D eigenvalue weighted by Crippen LogP contribution is 2.20. The van der Waals surface area contributed by atoms with Crippen LogP contribution in [0.4, 0.5) is 0 Å². The van der Waals surface area contributed by atoms with Crippen molar-refractivity contribution in [1.29, 1.82) is 0 Å². The van der Waals surface area contributed by atoms with Gasteiger partial charge in [0.05, 0.1) is 25.7 Å². The molecule has 1 aromatic carbocycles. The number of morpholine rings is 1. The molecule has 1 aromatic rings.